The molecule has 2 aromatic carbocycles. The van der Waals surface area contributed by atoms with Crippen molar-refractivity contribution in [1.82, 2.24) is 0 Å². The molecule has 0 amide bonds. The fourth-order valence-corrected chi connectivity index (χ4v) is 7.31. The number of fused-ring (bicyclic) bond motifs is 4. The molecule has 0 radical (unpaired) electrons. The predicted molar refractivity (Wildman–Crippen MR) is 126 cm³/mol. The number of nitrogens with zero attached hydrogens (tertiary/aromatic N) is 1. The standard InChI is InChI=1S/C23H26NS.3CH3.Ti/c1-13-11-12-16-7-6-9-18(22(16)24-13)21-15(3)14(2)20-17-8-4-5-10-19(17)25-23(20)21;;;;/h4-10,13-15,20-21,23H,11-12H2,1-3H3;3*1H3;/q4*-1;+4/t13?,14-,15?,20?,21-,23?;;;;/m0..../s1. The van der Waals surface area contributed by atoms with Crippen LogP contribution in [-0.2, 0) is 28.1 Å². The summed E-state index contributed by atoms with van der Waals surface area (Å²) in [5.41, 5.74) is 5.92. The van der Waals surface area contributed by atoms with Crippen molar-refractivity contribution in [3.05, 3.63) is 86.8 Å². The van der Waals surface area contributed by atoms with E-state index < -0.39 is 0 Å². The van der Waals surface area contributed by atoms with E-state index in [1.54, 1.807) is 5.56 Å². The zero-order valence-corrected chi connectivity index (χ0v) is 21.2. The summed E-state index contributed by atoms with van der Waals surface area (Å²) in [7, 11) is 0. The minimum absolute atomic E-state index is 0. The Morgan fingerprint density at radius 3 is 2.17 bits per heavy atom. The van der Waals surface area contributed by atoms with Crippen molar-refractivity contribution in [3.63, 3.8) is 0 Å². The molecule has 6 atom stereocenters. The molecule has 0 bridgehead atoms. The summed E-state index contributed by atoms with van der Waals surface area (Å²) in [5.74, 6) is 2.73. The average Bonchev–Trinajstić information content (AvgIpc) is 3.10. The summed E-state index contributed by atoms with van der Waals surface area (Å²) < 4.78 is 0. The zero-order valence-electron chi connectivity index (χ0n) is 18.8. The Hall–Kier alpha value is -0.696. The molecule has 1 nitrogen and oxygen atoms in total. The molecule has 0 N–H and O–H groups in total. The third-order valence-electron chi connectivity index (χ3n) is 6.90. The Bertz CT molecular complexity index is 820. The molecule has 1 aliphatic carbocycles. The van der Waals surface area contributed by atoms with Crippen LogP contribution in [-0.4, -0.2) is 11.3 Å². The molecule has 2 heterocycles. The number of benzene rings is 2. The number of hydrogen-bond acceptors (Lipinski definition) is 1. The summed E-state index contributed by atoms with van der Waals surface area (Å²) in [4.78, 5) is 1.51. The second-order valence-electron chi connectivity index (χ2n) is 8.26. The van der Waals surface area contributed by atoms with Crippen LogP contribution in [0.5, 0.6) is 0 Å². The van der Waals surface area contributed by atoms with Crippen molar-refractivity contribution in [2.75, 3.05) is 0 Å². The molecule has 2 aromatic rings. The largest absolute Gasteiger partial charge is 4.00 e. The van der Waals surface area contributed by atoms with Crippen LogP contribution < -0.4 is 0 Å². The van der Waals surface area contributed by atoms with E-state index in [1.165, 1.54) is 34.6 Å². The van der Waals surface area contributed by atoms with E-state index in [2.05, 4.69) is 75.0 Å². The topological polar surface area (TPSA) is 14.1 Å². The second kappa shape index (κ2) is 10.1. The van der Waals surface area contributed by atoms with Crippen molar-refractivity contribution in [2.45, 2.75) is 61.6 Å². The summed E-state index contributed by atoms with van der Waals surface area (Å²) in [6.45, 7) is 7.21. The molecule has 0 aromatic heterocycles. The molecule has 4 unspecified atom stereocenters. The van der Waals surface area contributed by atoms with E-state index >= 15 is 0 Å². The van der Waals surface area contributed by atoms with Crippen LogP contribution in [0.25, 0.3) is 5.32 Å². The predicted octanol–water partition coefficient (Wildman–Crippen LogP) is 8.00. The molecule has 1 fully saturated rings. The summed E-state index contributed by atoms with van der Waals surface area (Å²) in [5, 5.41) is 5.77. The van der Waals surface area contributed by atoms with Gasteiger partial charge in [-0.05, 0) is 35.8 Å². The van der Waals surface area contributed by atoms with Crippen LogP contribution in [0.1, 0.15) is 55.7 Å². The summed E-state index contributed by atoms with van der Waals surface area (Å²) in [6.07, 6.45) is 2.38. The van der Waals surface area contributed by atoms with Gasteiger partial charge in [-0.15, -0.1) is 23.5 Å². The Morgan fingerprint density at radius 1 is 0.828 bits per heavy atom. The van der Waals surface area contributed by atoms with Gasteiger partial charge in [0.25, 0.3) is 0 Å². The SMILES string of the molecule is CC1CCc2cccc([C@H]3C4Sc5ccccc5C4[C@@H](C)C3C)c2[N-]1.[CH3-].[CH3-].[CH3-].[Ti+4]. The third-order valence-corrected chi connectivity index (χ3v) is 8.39. The van der Waals surface area contributed by atoms with Crippen LogP contribution in [0.2, 0.25) is 0 Å². The molecule has 1 saturated carbocycles. The van der Waals surface area contributed by atoms with Crippen molar-refractivity contribution in [1.29, 1.82) is 0 Å². The summed E-state index contributed by atoms with van der Waals surface area (Å²) in [6, 6.07) is 16.5. The minimum Gasteiger partial charge on any atom is -0.681 e. The molecule has 3 heteroatoms. The van der Waals surface area contributed by atoms with Gasteiger partial charge in [0, 0.05) is 16.1 Å². The van der Waals surface area contributed by atoms with Gasteiger partial charge < -0.3 is 27.6 Å². The Kier molecular flexibility index (Phi) is 9.15. The van der Waals surface area contributed by atoms with Gasteiger partial charge in [-0.25, -0.2) is 0 Å². The first-order chi connectivity index (χ1) is 12.1. The van der Waals surface area contributed by atoms with Crippen LogP contribution in [0.15, 0.2) is 47.4 Å². The fraction of sp³-hybridized carbons (Fsp3) is 0.423. The fourth-order valence-electron chi connectivity index (χ4n) is 5.44. The Morgan fingerprint density at radius 2 is 1.45 bits per heavy atom. The van der Waals surface area contributed by atoms with E-state index in [0.29, 0.717) is 29.0 Å². The normalized spacial score (nSPS) is 30.7. The van der Waals surface area contributed by atoms with Crippen LogP contribution in [0.3, 0.4) is 0 Å². The van der Waals surface area contributed by atoms with Gasteiger partial charge in [0.1, 0.15) is 0 Å². The van der Waals surface area contributed by atoms with Crippen LogP contribution in [0.4, 0.5) is 5.69 Å². The van der Waals surface area contributed by atoms with E-state index in [0.717, 1.165) is 5.92 Å². The maximum atomic E-state index is 5.10. The van der Waals surface area contributed by atoms with Crippen molar-refractivity contribution < 1.29 is 21.7 Å². The Labute approximate surface area is 198 Å². The van der Waals surface area contributed by atoms with Crippen molar-refractivity contribution in [2.24, 2.45) is 11.8 Å². The van der Waals surface area contributed by atoms with E-state index in [-0.39, 0.29) is 44.0 Å². The van der Waals surface area contributed by atoms with Gasteiger partial charge in [0.05, 0.1) is 0 Å². The monoisotopic (exact) mass is 441 g/mol. The van der Waals surface area contributed by atoms with Gasteiger partial charge in [0.2, 0.25) is 0 Å². The third kappa shape index (κ3) is 4.10. The number of thioether (sulfide) groups is 1. The smallest absolute Gasteiger partial charge is 0.681 e. The van der Waals surface area contributed by atoms with E-state index in [9.17, 15) is 0 Å². The molecule has 5 rings (SSSR count). The minimum atomic E-state index is 0. The van der Waals surface area contributed by atoms with Gasteiger partial charge in [-0.3, -0.25) is 0 Å². The number of hydrogen-bond donors (Lipinski definition) is 0. The quantitative estimate of drug-likeness (QED) is 0.323. The first-order valence-electron chi connectivity index (χ1n) is 9.73. The Balaban J connectivity index is 0.00000105. The first kappa shape index (κ1) is 26.3. The molecule has 2 aliphatic heterocycles. The van der Waals surface area contributed by atoms with E-state index in [4.69, 9.17) is 5.32 Å². The molecular formula is C26H35NSTi. The van der Waals surface area contributed by atoms with E-state index in [1.807, 2.05) is 0 Å². The van der Waals surface area contributed by atoms with Gasteiger partial charge in [0.15, 0.2) is 0 Å². The molecule has 0 saturated heterocycles. The number of aryl methyl sites for hydroxylation is 1. The number of para-hydroxylation sites is 1. The molecule has 154 valence electrons. The van der Waals surface area contributed by atoms with Gasteiger partial charge in [-0.1, -0.05) is 74.7 Å². The van der Waals surface area contributed by atoms with Gasteiger partial charge >= 0.3 is 21.7 Å². The molecule has 3 aliphatic rings. The first-order valence-corrected chi connectivity index (χ1v) is 10.6. The van der Waals surface area contributed by atoms with Gasteiger partial charge in [-0.2, -0.15) is 0 Å². The summed E-state index contributed by atoms with van der Waals surface area (Å²) >= 11 is 2.13. The maximum absolute atomic E-state index is 5.10. The molecule has 0 spiro atoms. The average molecular weight is 442 g/mol. The van der Waals surface area contributed by atoms with Crippen LogP contribution in [0, 0.1) is 34.1 Å². The molecular weight excluding hydrogens is 406 g/mol. The van der Waals surface area contributed by atoms with Crippen molar-refractivity contribution in [3.8, 4) is 0 Å². The maximum Gasteiger partial charge on any atom is 4.00 e. The van der Waals surface area contributed by atoms with Crippen molar-refractivity contribution >= 4 is 17.4 Å². The van der Waals surface area contributed by atoms with Crippen LogP contribution >= 0.6 is 11.8 Å². The number of rotatable bonds is 1. The molecule has 29 heavy (non-hydrogen) atoms. The zero-order chi connectivity index (χ0) is 17.1. The second-order valence-corrected chi connectivity index (χ2v) is 9.48.